The fourth-order valence-corrected chi connectivity index (χ4v) is 2.18. The highest BCUT2D eigenvalue weighted by Gasteiger charge is 2.29. The number of morpholine rings is 1. The summed E-state index contributed by atoms with van der Waals surface area (Å²) in [6.45, 7) is -1.03. The number of ether oxygens (including phenoxy) is 2. The standard InChI is InChI=1S/C15H17F3N2O5/c16-15(17,18)9-25-11-3-1-2-10(6-11)7-19-14(23)20-4-5-24-12(8-20)13(21)22/h1-3,6,12H,4-5,7-9H2,(H,19,23)(H,21,22). The second-order valence-electron chi connectivity index (χ2n) is 5.35. The Morgan fingerprint density at radius 3 is 2.84 bits per heavy atom. The van der Waals surface area contributed by atoms with Crippen molar-refractivity contribution in [1.82, 2.24) is 10.2 Å². The van der Waals surface area contributed by atoms with Crippen molar-refractivity contribution in [3.63, 3.8) is 0 Å². The van der Waals surface area contributed by atoms with E-state index in [1.165, 1.54) is 23.1 Å². The van der Waals surface area contributed by atoms with Crippen molar-refractivity contribution >= 4 is 12.0 Å². The van der Waals surface area contributed by atoms with Gasteiger partial charge < -0.3 is 24.8 Å². The number of benzene rings is 1. The molecule has 10 heteroatoms. The summed E-state index contributed by atoms with van der Waals surface area (Å²) >= 11 is 0. The Morgan fingerprint density at radius 1 is 1.40 bits per heavy atom. The Hall–Kier alpha value is -2.49. The van der Waals surface area contributed by atoms with E-state index < -0.39 is 30.9 Å². The summed E-state index contributed by atoms with van der Waals surface area (Å²) in [5, 5.41) is 11.5. The van der Waals surface area contributed by atoms with Crippen LogP contribution in [0.2, 0.25) is 0 Å². The third kappa shape index (κ3) is 6.14. The lowest BCUT2D eigenvalue weighted by molar-refractivity contribution is -0.154. The SMILES string of the molecule is O=C(O)C1CN(C(=O)NCc2cccc(OCC(F)(F)F)c2)CCO1. The number of halogens is 3. The van der Waals surface area contributed by atoms with E-state index in [2.05, 4.69) is 10.1 Å². The highest BCUT2D eigenvalue weighted by molar-refractivity contribution is 5.77. The van der Waals surface area contributed by atoms with Gasteiger partial charge >= 0.3 is 18.2 Å². The van der Waals surface area contributed by atoms with Gasteiger partial charge in [-0.3, -0.25) is 0 Å². The summed E-state index contributed by atoms with van der Waals surface area (Å²) in [7, 11) is 0. The Morgan fingerprint density at radius 2 is 2.16 bits per heavy atom. The van der Waals surface area contributed by atoms with Gasteiger partial charge in [-0.25, -0.2) is 9.59 Å². The molecule has 2 N–H and O–H groups in total. The maximum Gasteiger partial charge on any atom is 0.422 e. The molecule has 1 aromatic carbocycles. The number of carbonyl (C=O) groups excluding carboxylic acids is 1. The number of carboxylic acids is 1. The van der Waals surface area contributed by atoms with Gasteiger partial charge in [0.2, 0.25) is 0 Å². The predicted molar refractivity (Wildman–Crippen MR) is 79.2 cm³/mol. The first-order valence-corrected chi connectivity index (χ1v) is 7.40. The molecule has 0 radical (unpaired) electrons. The Labute approximate surface area is 141 Å². The van der Waals surface area contributed by atoms with E-state index in [9.17, 15) is 22.8 Å². The molecule has 1 saturated heterocycles. The van der Waals surface area contributed by atoms with E-state index in [-0.39, 0.29) is 32.0 Å². The zero-order valence-corrected chi connectivity index (χ0v) is 13.1. The molecule has 2 amide bonds. The van der Waals surface area contributed by atoms with Gasteiger partial charge in [0, 0.05) is 13.1 Å². The normalized spacial score (nSPS) is 17.9. The van der Waals surface area contributed by atoms with Crippen LogP contribution in [0.25, 0.3) is 0 Å². The quantitative estimate of drug-likeness (QED) is 0.831. The van der Waals surface area contributed by atoms with Crippen LogP contribution in [0.15, 0.2) is 24.3 Å². The van der Waals surface area contributed by atoms with Crippen molar-refractivity contribution in [1.29, 1.82) is 0 Å². The summed E-state index contributed by atoms with van der Waals surface area (Å²) in [4.78, 5) is 24.3. The van der Waals surface area contributed by atoms with Gasteiger partial charge in [-0.15, -0.1) is 0 Å². The number of nitrogens with zero attached hydrogens (tertiary/aromatic N) is 1. The Balaban J connectivity index is 1.86. The van der Waals surface area contributed by atoms with Crippen LogP contribution in [-0.4, -0.2) is 60.6 Å². The third-order valence-electron chi connectivity index (χ3n) is 3.37. The highest BCUT2D eigenvalue weighted by Crippen LogP contribution is 2.19. The number of urea groups is 1. The number of carboxylic acid groups (broad SMARTS) is 1. The number of carbonyl (C=O) groups is 2. The van der Waals surface area contributed by atoms with Crippen molar-refractivity contribution in [3.05, 3.63) is 29.8 Å². The Kier molecular flexibility index (Phi) is 6.07. The number of hydrogen-bond donors (Lipinski definition) is 2. The van der Waals surface area contributed by atoms with E-state index in [1.807, 2.05) is 0 Å². The maximum absolute atomic E-state index is 12.2. The largest absolute Gasteiger partial charge is 0.484 e. The molecule has 1 heterocycles. The van der Waals surface area contributed by atoms with Crippen LogP contribution < -0.4 is 10.1 Å². The lowest BCUT2D eigenvalue weighted by atomic mass is 10.2. The summed E-state index contributed by atoms with van der Waals surface area (Å²) in [6, 6.07) is 5.45. The first-order valence-electron chi connectivity index (χ1n) is 7.40. The van der Waals surface area contributed by atoms with Crippen molar-refractivity contribution in [3.8, 4) is 5.75 Å². The van der Waals surface area contributed by atoms with Gasteiger partial charge in [0.25, 0.3) is 0 Å². The molecule has 0 aromatic heterocycles. The lowest BCUT2D eigenvalue weighted by Gasteiger charge is -2.30. The van der Waals surface area contributed by atoms with Crippen LogP contribution in [0.3, 0.4) is 0 Å². The topological polar surface area (TPSA) is 88.1 Å². The Bertz CT molecular complexity index is 623. The molecular weight excluding hydrogens is 345 g/mol. The number of amides is 2. The van der Waals surface area contributed by atoms with Crippen molar-refractivity contribution in [2.75, 3.05) is 26.3 Å². The summed E-state index contributed by atoms with van der Waals surface area (Å²) in [6.07, 6.45) is -5.50. The molecule has 1 fully saturated rings. The number of alkyl halides is 3. The van der Waals surface area contributed by atoms with Crippen LogP contribution in [0, 0.1) is 0 Å². The number of rotatable bonds is 5. The minimum Gasteiger partial charge on any atom is -0.484 e. The van der Waals surface area contributed by atoms with Crippen molar-refractivity contribution in [2.24, 2.45) is 0 Å². The number of aliphatic carboxylic acids is 1. The second kappa shape index (κ2) is 8.06. The highest BCUT2D eigenvalue weighted by atomic mass is 19.4. The van der Waals surface area contributed by atoms with E-state index in [4.69, 9.17) is 9.84 Å². The molecule has 2 rings (SSSR count). The minimum atomic E-state index is -4.43. The zero-order chi connectivity index (χ0) is 18.4. The van der Waals surface area contributed by atoms with E-state index in [0.717, 1.165) is 0 Å². The van der Waals surface area contributed by atoms with Crippen LogP contribution in [0.4, 0.5) is 18.0 Å². The maximum atomic E-state index is 12.2. The van der Waals surface area contributed by atoms with Crippen molar-refractivity contribution in [2.45, 2.75) is 18.8 Å². The smallest absolute Gasteiger partial charge is 0.422 e. The molecule has 0 bridgehead atoms. The molecule has 1 unspecified atom stereocenters. The van der Waals surface area contributed by atoms with Gasteiger partial charge in [-0.2, -0.15) is 13.2 Å². The molecule has 138 valence electrons. The lowest BCUT2D eigenvalue weighted by Crippen LogP contribution is -2.51. The molecule has 1 atom stereocenters. The van der Waals surface area contributed by atoms with E-state index in [0.29, 0.717) is 5.56 Å². The molecule has 1 aromatic rings. The van der Waals surface area contributed by atoms with Gasteiger partial charge in [0.1, 0.15) is 5.75 Å². The molecule has 1 aliphatic rings. The predicted octanol–water partition coefficient (Wildman–Crippen LogP) is 1.62. The summed E-state index contributed by atoms with van der Waals surface area (Å²) < 4.78 is 46.1. The number of hydrogen-bond acceptors (Lipinski definition) is 4. The van der Waals surface area contributed by atoms with Gasteiger partial charge in [0.15, 0.2) is 12.7 Å². The van der Waals surface area contributed by atoms with E-state index >= 15 is 0 Å². The summed E-state index contributed by atoms with van der Waals surface area (Å²) in [5.41, 5.74) is 0.552. The fraction of sp³-hybridized carbons (Fsp3) is 0.467. The van der Waals surface area contributed by atoms with Gasteiger partial charge in [-0.05, 0) is 17.7 Å². The van der Waals surface area contributed by atoms with Crippen LogP contribution in [0.1, 0.15) is 5.56 Å². The first-order chi connectivity index (χ1) is 11.7. The van der Waals surface area contributed by atoms with Crippen molar-refractivity contribution < 1.29 is 37.3 Å². The van der Waals surface area contributed by atoms with Gasteiger partial charge in [0.05, 0.1) is 13.2 Å². The molecule has 7 nitrogen and oxygen atoms in total. The molecule has 0 aliphatic carbocycles. The second-order valence-corrected chi connectivity index (χ2v) is 5.35. The monoisotopic (exact) mass is 362 g/mol. The van der Waals surface area contributed by atoms with Crippen LogP contribution in [-0.2, 0) is 16.1 Å². The number of nitrogens with one attached hydrogen (secondary N) is 1. The fourth-order valence-electron chi connectivity index (χ4n) is 2.18. The molecule has 0 saturated carbocycles. The third-order valence-corrected chi connectivity index (χ3v) is 3.37. The molecule has 0 spiro atoms. The van der Waals surface area contributed by atoms with Crippen LogP contribution in [0.5, 0.6) is 5.75 Å². The van der Waals surface area contributed by atoms with E-state index in [1.54, 1.807) is 6.07 Å². The zero-order valence-electron chi connectivity index (χ0n) is 13.1. The summed E-state index contributed by atoms with van der Waals surface area (Å²) in [5.74, 6) is -1.10. The molecular formula is C15H17F3N2O5. The van der Waals surface area contributed by atoms with Gasteiger partial charge in [-0.1, -0.05) is 12.1 Å². The average Bonchev–Trinajstić information content (AvgIpc) is 2.58. The molecule has 25 heavy (non-hydrogen) atoms. The molecule has 1 aliphatic heterocycles. The first kappa shape index (κ1) is 18.8. The average molecular weight is 362 g/mol. The van der Waals surface area contributed by atoms with Crippen LogP contribution >= 0.6 is 0 Å². The minimum absolute atomic E-state index is 0.0430.